The third-order valence-electron chi connectivity index (χ3n) is 12.3. The fraction of sp³-hybridized carbons (Fsp3) is 0.250. The molecule has 0 aliphatic rings. The van der Waals surface area contributed by atoms with E-state index in [0.29, 0.717) is 47.7 Å². The summed E-state index contributed by atoms with van der Waals surface area (Å²) < 4.78 is 13.5. The second-order valence-electron chi connectivity index (χ2n) is 17.5. The van der Waals surface area contributed by atoms with Crippen molar-refractivity contribution >= 4 is 76.9 Å². The molecule has 68 heavy (non-hydrogen) atoms. The average molecular weight is 1080 g/mol. The molecule has 0 radical (unpaired) electrons. The molecule has 8 nitrogen and oxygen atoms in total. The van der Waals surface area contributed by atoms with E-state index in [1.54, 1.807) is 14.2 Å². The lowest BCUT2D eigenvalue weighted by Crippen LogP contribution is -2.37. The van der Waals surface area contributed by atoms with Crippen LogP contribution in [-0.2, 0) is 11.2 Å². The van der Waals surface area contributed by atoms with E-state index in [4.69, 9.17) is 42.6 Å². The number of methoxy groups -OCH3 is 2. The fourth-order valence-corrected chi connectivity index (χ4v) is 9.93. The van der Waals surface area contributed by atoms with Crippen LogP contribution in [0.4, 0.5) is 0 Å². The molecule has 2 N–H and O–H groups in total. The average Bonchev–Trinajstić information content (AvgIpc) is 3.34. The molecule has 0 spiro atoms. The highest BCUT2D eigenvalue weighted by molar-refractivity contribution is 9.10. The zero-order chi connectivity index (χ0) is 48.6. The van der Waals surface area contributed by atoms with Crippen molar-refractivity contribution in [3.63, 3.8) is 0 Å². The van der Waals surface area contributed by atoms with Crippen LogP contribution in [0.5, 0.6) is 11.8 Å². The molecule has 8 aromatic rings. The maximum absolute atomic E-state index is 12.6. The Morgan fingerprint density at radius 2 is 0.868 bits per heavy atom. The monoisotopic (exact) mass is 1080 g/mol. The Hall–Kier alpha value is -4.88. The molecule has 0 bridgehead atoms. The second-order valence-corrected chi connectivity index (χ2v) is 20.2. The van der Waals surface area contributed by atoms with E-state index >= 15 is 0 Å². The molecular weight excluding hydrogens is 1020 g/mol. The van der Waals surface area contributed by atoms with Crippen LogP contribution in [0.3, 0.4) is 0 Å². The largest absolute Gasteiger partial charge is 0.481 e. The van der Waals surface area contributed by atoms with Crippen molar-refractivity contribution in [2.24, 2.45) is 0 Å². The Kier molecular flexibility index (Phi) is 17.0. The Bertz CT molecular complexity index is 2730. The standard InChI is InChI=1S/2C28H28BrClN2O2/c2*1-32(2)16-15-28(33,21-7-5-4-6-8-21)26(19-9-12-23(30)13-10-19)24-18-20-17-22(29)11-14-25(20)31-27(24)34-3/h2*4-14,17-18,26,33H,15-16H2,1-3H3. The molecule has 0 saturated carbocycles. The van der Waals surface area contributed by atoms with Crippen LogP contribution < -0.4 is 9.47 Å². The van der Waals surface area contributed by atoms with Gasteiger partial charge in [0.25, 0.3) is 0 Å². The second kappa shape index (κ2) is 22.7. The Balaban J connectivity index is 0.000000201. The molecule has 0 fully saturated rings. The highest BCUT2D eigenvalue weighted by Crippen LogP contribution is 2.49. The molecule has 352 valence electrons. The van der Waals surface area contributed by atoms with E-state index < -0.39 is 23.0 Å². The van der Waals surface area contributed by atoms with Gasteiger partial charge in [0.15, 0.2) is 0 Å². The first-order valence-electron chi connectivity index (χ1n) is 22.3. The van der Waals surface area contributed by atoms with E-state index in [9.17, 15) is 10.2 Å². The number of fused-ring (bicyclic) bond motifs is 2. The molecule has 4 atom stereocenters. The molecule has 6 aromatic carbocycles. The van der Waals surface area contributed by atoms with Crippen molar-refractivity contribution in [3.05, 3.63) is 210 Å². The van der Waals surface area contributed by atoms with Crippen molar-refractivity contribution < 1.29 is 19.7 Å². The van der Waals surface area contributed by atoms with E-state index in [0.717, 1.165) is 64.1 Å². The summed E-state index contributed by atoms with van der Waals surface area (Å²) in [7, 11) is 11.3. The number of nitrogens with zero attached hydrogens (tertiary/aromatic N) is 4. The number of hydrogen-bond acceptors (Lipinski definition) is 8. The predicted molar refractivity (Wildman–Crippen MR) is 286 cm³/mol. The summed E-state index contributed by atoms with van der Waals surface area (Å²) in [6.45, 7) is 1.40. The molecule has 8 rings (SSSR count). The van der Waals surface area contributed by atoms with Crippen LogP contribution in [0, 0.1) is 0 Å². The molecule has 2 aromatic heterocycles. The van der Waals surface area contributed by atoms with E-state index in [-0.39, 0.29) is 0 Å². The summed E-state index contributed by atoms with van der Waals surface area (Å²) in [5.41, 5.74) is 4.39. The van der Waals surface area contributed by atoms with Crippen molar-refractivity contribution in [3.8, 4) is 11.8 Å². The van der Waals surface area contributed by atoms with Gasteiger partial charge in [-0.15, -0.1) is 0 Å². The number of halogens is 4. The minimum Gasteiger partial charge on any atom is -0.481 e. The molecular formula is C56H56Br2Cl2N4O4. The van der Waals surface area contributed by atoms with E-state index in [2.05, 4.69) is 53.8 Å². The van der Waals surface area contributed by atoms with Crippen LogP contribution in [0.2, 0.25) is 10.0 Å². The predicted octanol–water partition coefficient (Wildman–Crippen LogP) is 13.3. The van der Waals surface area contributed by atoms with Crippen molar-refractivity contribution in [1.82, 2.24) is 19.8 Å². The maximum atomic E-state index is 12.6. The fourth-order valence-electron chi connectivity index (χ4n) is 8.92. The molecule has 0 aliphatic carbocycles. The summed E-state index contributed by atoms with van der Waals surface area (Å²) in [4.78, 5) is 13.8. The Morgan fingerprint density at radius 3 is 1.19 bits per heavy atom. The first-order valence-corrected chi connectivity index (χ1v) is 24.6. The minimum atomic E-state index is -1.23. The molecule has 0 aliphatic heterocycles. The molecule has 4 unspecified atom stereocenters. The lowest BCUT2D eigenvalue weighted by atomic mass is 9.71. The van der Waals surface area contributed by atoms with Gasteiger partial charge in [0.2, 0.25) is 11.8 Å². The first-order chi connectivity index (χ1) is 32.6. The quantitative estimate of drug-likeness (QED) is 0.0989. The van der Waals surface area contributed by atoms with Gasteiger partial charge in [-0.05, 0) is 136 Å². The third kappa shape index (κ3) is 11.7. The molecule has 12 heteroatoms. The summed E-state index contributed by atoms with van der Waals surface area (Å²) in [5, 5.41) is 28.3. The summed E-state index contributed by atoms with van der Waals surface area (Å²) in [6.07, 6.45) is 1.02. The van der Waals surface area contributed by atoms with Gasteiger partial charge < -0.3 is 29.5 Å². The van der Waals surface area contributed by atoms with Gasteiger partial charge in [0.05, 0.1) is 25.3 Å². The summed E-state index contributed by atoms with van der Waals surface area (Å²) >= 11 is 19.6. The number of pyridine rings is 2. The van der Waals surface area contributed by atoms with E-state index in [1.807, 2.05) is 174 Å². The van der Waals surface area contributed by atoms with Crippen molar-refractivity contribution in [1.29, 1.82) is 0 Å². The number of aliphatic hydroxyl groups is 2. The number of rotatable bonds is 16. The van der Waals surface area contributed by atoms with Gasteiger partial charge in [-0.3, -0.25) is 0 Å². The lowest BCUT2D eigenvalue weighted by molar-refractivity contribution is 0.00351. The normalized spacial score (nSPS) is 14.2. The number of hydrogen-bond donors (Lipinski definition) is 2. The Labute approximate surface area is 426 Å². The van der Waals surface area contributed by atoms with Crippen LogP contribution in [0.1, 0.15) is 58.1 Å². The highest BCUT2D eigenvalue weighted by atomic mass is 79.9. The number of aromatic nitrogens is 2. The van der Waals surface area contributed by atoms with Gasteiger partial charge in [-0.25, -0.2) is 9.97 Å². The van der Waals surface area contributed by atoms with Crippen LogP contribution in [-0.4, -0.2) is 85.5 Å². The van der Waals surface area contributed by atoms with Crippen LogP contribution >= 0.6 is 55.1 Å². The molecule has 0 amide bonds. The third-order valence-corrected chi connectivity index (χ3v) is 13.8. The van der Waals surface area contributed by atoms with Crippen LogP contribution in [0.25, 0.3) is 21.8 Å². The van der Waals surface area contributed by atoms with Gasteiger partial charge >= 0.3 is 0 Å². The van der Waals surface area contributed by atoms with Crippen molar-refractivity contribution in [2.75, 3.05) is 55.5 Å². The summed E-state index contributed by atoms with van der Waals surface area (Å²) in [5.74, 6) is 0.0962. The number of ether oxygens (including phenoxy) is 2. The van der Waals surface area contributed by atoms with Gasteiger partial charge in [0.1, 0.15) is 11.2 Å². The Morgan fingerprint density at radius 1 is 0.515 bits per heavy atom. The van der Waals surface area contributed by atoms with E-state index in [1.165, 1.54) is 0 Å². The minimum absolute atomic E-state index is 0.446. The zero-order valence-corrected chi connectivity index (χ0v) is 43.7. The zero-order valence-electron chi connectivity index (χ0n) is 39.0. The molecule has 0 saturated heterocycles. The van der Waals surface area contributed by atoms with Gasteiger partial charge in [-0.2, -0.15) is 0 Å². The smallest absolute Gasteiger partial charge is 0.217 e. The SMILES string of the molecule is COc1nc2ccc(Br)cc2cc1C(c1ccc(Cl)cc1)C(O)(CCN(C)C)c1ccccc1.COc1nc2ccc(Br)cc2cc1C(c1ccc(Cl)cc1)C(O)(CCN(C)C)c1ccccc1. The van der Waals surface area contributed by atoms with Gasteiger partial charge in [-0.1, -0.05) is 140 Å². The summed E-state index contributed by atoms with van der Waals surface area (Å²) in [6, 6.07) is 51.1. The van der Waals surface area contributed by atoms with Crippen molar-refractivity contribution in [2.45, 2.75) is 35.9 Å². The highest BCUT2D eigenvalue weighted by Gasteiger charge is 2.44. The molecule has 2 heterocycles. The topological polar surface area (TPSA) is 91.2 Å². The van der Waals surface area contributed by atoms with Gasteiger partial charge in [0, 0.05) is 65.8 Å². The number of benzene rings is 6. The maximum Gasteiger partial charge on any atom is 0.217 e. The first kappa shape index (κ1) is 51.0. The van der Waals surface area contributed by atoms with Crippen LogP contribution in [0.15, 0.2) is 167 Å². The lowest BCUT2D eigenvalue weighted by Gasteiger charge is -2.39.